The molecule has 2 aromatic carbocycles. The van der Waals surface area contributed by atoms with Crippen molar-refractivity contribution in [3.63, 3.8) is 0 Å². The molecule has 0 radical (unpaired) electrons. The van der Waals surface area contributed by atoms with Crippen LogP contribution in [0.5, 0.6) is 11.5 Å². The van der Waals surface area contributed by atoms with Gasteiger partial charge in [0.15, 0.2) is 11.5 Å². The van der Waals surface area contributed by atoms with E-state index in [-0.39, 0.29) is 11.8 Å². The van der Waals surface area contributed by atoms with E-state index in [0.717, 1.165) is 30.6 Å². The first kappa shape index (κ1) is 18.6. The summed E-state index contributed by atoms with van der Waals surface area (Å²) in [5.41, 5.74) is 2.20. The molecule has 4 rings (SSSR count). The second-order valence-electron chi connectivity index (χ2n) is 6.83. The molecule has 2 amide bonds. The number of hydrogen-bond acceptors (Lipinski definition) is 4. The van der Waals surface area contributed by atoms with E-state index in [9.17, 15) is 9.59 Å². The molecule has 0 aromatic heterocycles. The minimum Gasteiger partial charge on any atom is -0.486 e. The number of carbonyl (C=O) groups is 2. The number of carbonyl (C=O) groups excluding carboxylic acids is 2. The van der Waals surface area contributed by atoms with Crippen molar-refractivity contribution in [3.05, 3.63) is 52.5 Å². The van der Waals surface area contributed by atoms with Crippen LogP contribution < -0.4 is 19.7 Å². The van der Waals surface area contributed by atoms with E-state index in [1.165, 1.54) is 0 Å². The van der Waals surface area contributed by atoms with E-state index in [1.807, 2.05) is 18.2 Å². The molecule has 2 heterocycles. The minimum atomic E-state index is -0.192. The molecular weight excluding hydrogens is 380 g/mol. The van der Waals surface area contributed by atoms with Crippen LogP contribution in [0.25, 0.3) is 0 Å². The number of fused-ring (bicyclic) bond motifs is 1. The molecule has 6 nitrogen and oxygen atoms in total. The number of hydrogen-bond donors (Lipinski definition) is 1. The van der Waals surface area contributed by atoms with Gasteiger partial charge in [0.05, 0.1) is 5.02 Å². The average Bonchev–Trinajstić information content (AvgIpc) is 2.73. The molecule has 2 aromatic rings. The lowest BCUT2D eigenvalue weighted by Crippen LogP contribution is -2.35. The van der Waals surface area contributed by atoms with E-state index in [0.29, 0.717) is 48.3 Å². The first-order valence-electron chi connectivity index (χ1n) is 9.38. The predicted molar refractivity (Wildman–Crippen MR) is 106 cm³/mol. The summed E-state index contributed by atoms with van der Waals surface area (Å²) in [5, 5.41) is 3.35. The van der Waals surface area contributed by atoms with Gasteiger partial charge in [-0.05, 0) is 54.8 Å². The molecule has 1 fully saturated rings. The normalized spacial score (nSPS) is 16.0. The van der Waals surface area contributed by atoms with Crippen molar-refractivity contribution < 1.29 is 19.1 Å². The third-order valence-electron chi connectivity index (χ3n) is 4.87. The van der Waals surface area contributed by atoms with E-state index in [1.54, 1.807) is 23.1 Å². The number of nitrogens with one attached hydrogen (secondary N) is 1. The quantitative estimate of drug-likeness (QED) is 0.852. The Morgan fingerprint density at radius 3 is 2.68 bits per heavy atom. The third-order valence-corrected chi connectivity index (χ3v) is 5.16. The first-order valence-corrected chi connectivity index (χ1v) is 9.76. The zero-order valence-electron chi connectivity index (χ0n) is 15.4. The van der Waals surface area contributed by atoms with Gasteiger partial charge in [-0.15, -0.1) is 0 Å². The van der Waals surface area contributed by atoms with Gasteiger partial charge in [-0.2, -0.15) is 0 Å². The molecule has 1 saturated heterocycles. The number of amides is 2. The van der Waals surface area contributed by atoms with Crippen molar-refractivity contribution >= 4 is 29.1 Å². The van der Waals surface area contributed by atoms with Crippen LogP contribution >= 0.6 is 11.6 Å². The summed E-state index contributed by atoms with van der Waals surface area (Å²) in [6.07, 6.45) is 2.53. The molecular formula is C21H21ClN2O4. The monoisotopic (exact) mass is 400 g/mol. The van der Waals surface area contributed by atoms with Crippen LogP contribution in [0.3, 0.4) is 0 Å². The topological polar surface area (TPSA) is 67.9 Å². The Morgan fingerprint density at radius 1 is 1.11 bits per heavy atom. The fraction of sp³-hybridized carbons (Fsp3) is 0.333. The summed E-state index contributed by atoms with van der Waals surface area (Å²) in [4.78, 5) is 26.3. The number of halogens is 1. The lowest BCUT2D eigenvalue weighted by molar-refractivity contribution is -0.119. The molecule has 146 valence electrons. The van der Waals surface area contributed by atoms with Crippen molar-refractivity contribution in [2.75, 3.05) is 24.7 Å². The Hall–Kier alpha value is -2.73. The molecule has 0 unspecified atom stereocenters. The predicted octanol–water partition coefficient (Wildman–Crippen LogP) is 3.56. The molecule has 0 bridgehead atoms. The number of piperidine rings is 1. The van der Waals surface area contributed by atoms with E-state index >= 15 is 0 Å². The highest BCUT2D eigenvalue weighted by Gasteiger charge is 2.20. The SMILES string of the molecule is O=C(NCc1cc(Cl)c2c(c1)OCCO2)c1ccc(N2CCCCC2=O)cc1. The lowest BCUT2D eigenvalue weighted by atomic mass is 10.1. The van der Waals surface area contributed by atoms with Gasteiger partial charge in [0, 0.05) is 30.8 Å². The minimum absolute atomic E-state index is 0.138. The number of anilines is 1. The first-order chi connectivity index (χ1) is 13.6. The van der Waals surface area contributed by atoms with E-state index in [4.69, 9.17) is 21.1 Å². The summed E-state index contributed by atoms with van der Waals surface area (Å²) >= 11 is 6.23. The lowest BCUT2D eigenvalue weighted by Gasteiger charge is -2.26. The number of rotatable bonds is 4. The van der Waals surface area contributed by atoms with Crippen molar-refractivity contribution in [1.82, 2.24) is 5.32 Å². The van der Waals surface area contributed by atoms with Crippen molar-refractivity contribution in [1.29, 1.82) is 0 Å². The highest BCUT2D eigenvalue weighted by Crippen LogP contribution is 2.38. The molecule has 2 aliphatic heterocycles. The van der Waals surface area contributed by atoms with Crippen molar-refractivity contribution in [2.45, 2.75) is 25.8 Å². The van der Waals surface area contributed by atoms with Crippen LogP contribution in [-0.2, 0) is 11.3 Å². The van der Waals surface area contributed by atoms with Crippen molar-refractivity contribution in [3.8, 4) is 11.5 Å². The number of nitrogens with zero attached hydrogens (tertiary/aromatic N) is 1. The maximum absolute atomic E-state index is 12.5. The molecule has 7 heteroatoms. The van der Waals surface area contributed by atoms with Gasteiger partial charge in [0.1, 0.15) is 13.2 Å². The van der Waals surface area contributed by atoms with Gasteiger partial charge in [-0.1, -0.05) is 11.6 Å². The average molecular weight is 401 g/mol. The molecule has 0 spiro atoms. The second kappa shape index (κ2) is 8.10. The zero-order chi connectivity index (χ0) is 19.5. The summed E-state index contributed by atoms with van der Waals surface area (Å²) < 4.78 is 11.1. The highest BCUT2D eigenvalue weighted by atomic mass is 35.5. The standard InChI is InChI=1S/C21H21ClN2O4/c22-17-11-14(12-18-20(17)28-10-9-27-18)13-23-21(26)15-4-6-16(7-5-15)24-8-2-1-3-19(24)25/h4-7,11-12H,1-3,8-10,13H2,(H,23,26). The number of ether oxygens (including phenoxy) is 2. The second-order valence-corrected chi connectivity index (χ2v) is 7.24. The van der Waals surface area contributed by atoms with Gasteiger partial charge < -0.3 is 19.7 Å². The molecule has 1 N–H and O–H groups in total. The summed E-state index contributed by atoms with van der Waals surface area (Å²) in [7, 11) is 0. The van der Waals surface area contributed by atoms with Gasteiger partial charge >= 0.3 is 0 Å². The molecule has 0 atom stereocenters. The van der Waals surface area contributed by atoms with Crippen LogP contribution in [0.4, 0.5) is 5.69 Å². The van der Waals surface area contributed by atoms with Crippen LogP contribution in [0, 0.1) is 0 Å². The van der Waals surface area contributed by atoms with Gasteiger partial charge in [-0.25, -0.2) is 0 Å². The summed E-state index contributed by atoms with van der Waals surface area (Å²) in [6.45, 7) is 2.00. The summed E-state index contributed by atoms with van der Waals surface area (Å²) in [5.74, 6) is 1.09. The van der Waals surface area contributed by atoms with Crippen LogP contribution in [-0.4, -0.2) is 31.6 Å². The van der Waals surface area contributed by atoms with Crippen molar-refractivity contribution in [2.24, 2.45) is 0 Å². The fourth-order valence-corrected chi connectivity index (χ4v) is 3.71. The van der Waals surface area contributed by atoms with Gasteiger partial charge in [-0.3, -0.25) is 9.59 Å². The fourth-order valence-electron chi connectivity index (χ4n) is 3.42. The Balaban J connectivity index is 1.40. The Morgan fingerprint density at radius 2 is 1.89 bits per heavy atom. The summed E-state index contributed by atoms with van der Waals surface area (Å²) in [6, 6.07) is 10.7. The zero-order valence-corrected chi connectivity index (χ0v) is 16.1. The molecule has 0 saturated carbocycles. The van der Waals surface area contributed by atoms with Gasteiger partial charge in [0.25, 0.3) is 5.91 Å². The highest BCUT2D eigenvalue weighted by molar-refractivity contribution is 6.32. The van der Waals surface area contributed by atoms with Gasteiger partial charge in [0.2, 0.25) is 5.91 Å². The Kier molecular flexibility index (Phi) is 5.39. The van der Waals surface area contributed by atoms with E-state index < -0.39 is 0 Å². The smallest absolute Gasteiger partial charge is 0.251 e. The maximum Gasteiger partial charge on any atom is 0.251 e. The van der Waals surface area contributed by atoms with Crippen LogP contribution in [0.1, 0.15) is 35.2 Å². The van der Waals surface area contributed by atoms with Crippen LogP contribution in [0.2, 0.25) is 5.02 Å². The largest absolute Gasteiger partial charge is 0.486 e. The number of benzene rings is 2. The maximum atomic E-state index is 12.5. The Bertz CT molecular complexity index is 898. The van der Waals surface area contributed by atoms with E-state index in [2.05, 4.69) is 5.32 Å². The molecule has 2 aliphatic rings. The van der Waals surface area contributed by atoms with Crippen LogP contribution in [0.15, 0.2) is 36.4 Å². The molecule has 28 heavy (non-hydrogen) atoms. The third kappa shape index (κ3) is 3.92. The molecule has 0 aliphatic carbocycles. The Labute approximate surface area is 168 Å².